The fraction of sp³-hybridized carbons (Fsp3) is 0.571. The summed E-state index contributed by atoms with van der Waals surface area (Å²) in [6.07, 6.45) is 0. The molecule has 0 aromatic heterocycles. The average Bonchev–Trinajstić information content (AvgIpc) is 2.36. The molecule has 0 unspecified atom stereocenters. The topological polar surface area (TPSA) is 84.7 Å². The van der Waals surface area contributed by atoms with Crippen LogP contribution in [0.3, 0.4) is 0 Å². The number of benzene rings is 1. The van der Waals surface area contributed by atoms with E-state index in [-0.39, 0.29) is 10.5 Å². The Kier molecular flexibility index (Phi) is 5.61. The van der Waals surface area contributed by atoms with Gasteiger partial charge in [0.25, 0.3) is 0 Å². The maximum Gasteiger partial charge on any atom is 0.242 e. The maximum atomic E-state index is 12.0. The Morgan fingerprint density at radius 2 is 1.95 bits per heavy atom. The van der Waals surface area contributed by atoms with E-state index in [0.29, 0.717) is 24.5 Å². The number of nitrogens with zero attached hydrogens (tertiary/aromatic N) is 1. The van der Waals surface area contributed by atoms with Crippen LogP contribution in [0.5, 0.6) is 0 Å². The van der Waals surface area contributed by atoms with Crippen LogP contribution >= 0.6 is 0 Å². The zero-order chi connectivity index (χ0) is 16.3. The van der Waals surface area contributed by atoms with Crippen molar-refractivity contribution < 1.29 is 13.2 Å². The van der Waals surface area contributed by atoms with Gasteiger partial charge in [0.1, 0.15) is 0 Å². The van der Waals surface area contributed by atoms with Gasteiger partial charge in [-0.3, -0.25) is 0 Å². The van der Waals surface area contributed by atoms with Crippen molar-refractivity contribution in [1.29, 1.82) is 0 Å². The molecule has 0 heterocycles. The molecule has 0 aliphatic rings. The van der Waals surface area contributed by atoms with E-state index in [1.165, 1.54) is 20.2 Å². The number of hydrogen-bond acceptors (Lipinski definition) is 5. The Bertz CT molecular complexity index is 583. The first-order valence-corrected chi connectivity index (χ1v) is 8.24. The summed E-state index contributed by atoms with van der Waals surface area (Å²) in [5.41, 5.74) is 6.70. The molecule has 0 radical (unpaired) electrons. The molecule has 0 amide bonds. The highest BCUT2D eigenvalue weighted by atomic mass is 32.2. The van der Waals surface area contributed by atoms with Crippen LogP contribution in [0.25, 0.3) is 0 Å². The van der Waals surface area contributed by atoms with Crippen molar-refractivity contribution in [1.82, 2.24) is 4.31 Å². The third-order valence-corrected chi connectivity index (χ3v) is 4.85. The largest absolute Gasteiger partial charge is 0.397 e. The molecule has 7 heteroatoms. The first-order valence-electron chi connectivity index (χ1n) is 6.80. The van der Waals surface area contributed by atoms with E-state index < -0.39 is 10.0 Å². The second-order valence-electron chi connectivity index (χ2n) is 5.58. The van der Waals surface area contributed by atoms with Crippen LogP contribution in [0.4, 0.5) is 11.4 Å². The van der Waals surface area contributed by atoms with Gasteiger partial charge in [-0.15, -0.1) is 0 Å². The first kappa shape index (κ1) is 17.7. The molecule has 3 N–H and O–H groups in total. The van der Waals surface area contributed by atoms with Gasteiger partial charge in [-0.05, 0) is 39.0 Å². The fourth-order valence-electron chi connectivity index (χ4n) is 1.82. The molecule has 0 saturated heterocycles. The quantitative estimate of drug-likeness (QED) is 0.749. The van der Waals surface area contributed by atoms with E-state index in [9.17, 15) is 8.42 Å². The Morgan fingerprint density at radius 3 is 2.43 bits per heavy atom. The molecule has 0 spiro atoms. The third-order valence-electron chi connectivity index (χ3n) is 3.04. The molecule has 0 saturated carbocycles. The Balaban J connectivity index is 2.90. The molecule has 1 aromatic rings. The molecule has 120 valence electrons. The standard InChI is InChI=1S/C14H25N3O3S/c1-6-20-14(2,3)10-16-13-8-7-11(9-12(13)15)21(18,19)17(4)5/h7-9,16H,6,10,15H2,1-5H3. The Labute approximate surface area is 127 Å². The average molecular weight is 315 g/mol. The molecule has 1 aromatic carbocycles. The summed E-state index contributed by atoms with van der Waals surface area (Å²) < 4.78 is 30.8. The SMILES string of the molecule is CCOC(C)(C)CNc1ccc(S(=O)(=O)N(C)C)cc1N. The lowest BCUT2D eigenvalue weighted by Gasteiger charge is -2.26. The highest BCUT2D eigenvalue weighted by Gasteiger charge is 2.20. The number of nitrogen functional groups attached to an aromatic ring is 1. The lowest BCUT2D eigenvalue weighted by atomic mass is 10.1. The van der Waals surface area contributed by atoms with Gasteiger partial charge in [-0.1, -0.05) is 0 Å². The minimum Gasteiger partial charge on any atom is -0.397 e. The fourth-order valence-corrected chi connectivity index (χ4v) is 2.76. The summed E-state index contributed by atoms with van der Waals surface area (Å²) in [5, 5.41) is 3.19. The van der Waals surface area contributed by atoms with Crippen LogP contribution in [0.2, 0.25) is 0 Å². The summed E-state index contributed by atoms with van der Waals surface area (Å²) in [6, 6.07) is 4.68. The van der Waals surface area contributed by atoms with Crippen molar-refractivity contribution >= 4 is 21.4 Å². The molecule has 1 rings (SSSR count). The van der Waals surface area contributed by atoms with E-state index in [4.69, 9.17) is 10.5 Å². The summed E-state index contributed by atoms with van der Waals surface area (Å²) in [5.74, 6) is 0. The number of anilines is 2. The predicted molar refractivity (Wildman–Crippen MR) is 85.9 cm³/mol. The second-order valence-corrected chi connectivity index (χ2v) is 7.73. The third kappa shape index (κ3) is 4.59. The number of nitrogens with one attached hydrogen (secondary N) is 1. The highest BCUT2D eigenvalue weighted by Crippen LogP contribution is 2.24. The van der Waals surface area contributed by atoms with Crippen molar-refractivity contribution in [2.75, 3.05) is 38.3 Å². The van der Waals surface area contributed by atoms with Gasteiger partial charge in [0.2, 0.25) is 10.0 Å². The number of nitrogens with two attached hydrogens (primary N) is 1. The van der Waals surface area contributed by atoms with E-state index >= 15 is 0 Å². The van der Waals surface area contributed by atoms with Gasteiger partial charge in [-0.25, -0.2) is 12.7 Å². The van der Waals surface area contributed by atoms with Crippen molar-refractivity contribution in [2.45, 2.75) is 31.3 Å². The maximum absolute atomic E-state index is 12.0. The second kappa shape index (κ2) is 6.64. The lowest BCUT2D eigenvalue weighted by Crippen LogP contribution is -2.33. The molecule has 0 aliphatic heterocycles. The van der Waals surface area contributed by atoms with Crippen molar-refractivity contribution in [3.8, 4) is 0 Å². The zero-order valence-corrected chi connectivity index (χ0v) is 14.1. The summed E-state index contributed by atoms with van der Waals surface area (Å²) in [7, 11) is -0.490. The van der Waals surface area contributed by atoms with Gasteiger partial charge in [0.15, 0.2) is 0 Å². The molecule has 0 bridgehead atoms. The lowest BCUT2D eigenvalue weighted by molar-refractivity contribution is 0.000708. The highest BCUT2D eigenvalue weighted by molar-refractivity contribution is 7.89. The van der Waals surface area contributed by atoms with Crippen LogP contribution in [0, 0.1) is 0 Å². The number of ether oxygens (including phenoxy) is 1. The predicted octanol–water partition coefficient (Wildman–Crippen LogP) is 1.75. The number of rotatable bonds is 7. The zero-order valence-electron chi connectivity index (χ0n) is 13.3. The van der Waals surface area contributed by atoms with Gasteiger partial charge in [0, 0.05) is 27.2 Å². The van der Waals surface area contributed by atoms with E-state index in [1.54, 1.807) is 12.1 Å². The van der Waals surface area contributed by atoms with Crippen LogP contribution in [0.1, 0.15) is 20.8 Å². The Hall–Kier alpha value is -1.31. The van der Waals surface area contributed by atoms with Crippen LogP contribution in [0.15, 0.2) is 23.1 Å². The van der Waals surface area contributed by atoms with Gasteiger partial charge < -0.3 is 15.8 Å². The van der Waals surface area contributed by atoms with E-state index in [2.05, 4.69) is 5.32 Å². The number of sulfonamides is 1. The van der Waals surface area contributed by atoms with Crippen LogP contribution in [-0.2, 0) is 14.8 Å². The van der Waals surface area contributed by atoms with E-state index in [1.807, 2.05) is 20.8 Å². The minimum absolute atomic E-state index is 0.180. The van der Waals surface area contributed by atoms with E-state index in [0.717, 1.165) is 4.31 Å². The Morgan fingerprint density at radius 1 is 1.33 bits per heavy atom. The molecular formula is C14H25N3O3S. The monoisotopic (exact) mass is 315 g/mol. The molecule has 6 nitrogen and oxygen atoms in total. The van der Waals surface area contributed by atoms with Gasteiger partial charge in [0.05, 0.1) is 21.9 Å². The smallest absolute Gasteiger partial charge is 0.242 e. The summed E-state index contributed by atoms with van der Waals surface area (Å²) in [4.78, 5) is 0.180. The van der Waals surface area contributed by atoms with Crippen molar-refractivity contribution in [2.24, 2.45) is 0 Å². The summed E-state index contributed by atoms with van der Waals surface area (Å²) >= 11 is 0. The van der Waals surface area contributed by atoms with Crippen molar-refractivity contribution in [3.63, 3.8) is 0 Å². The molecular weight excluding hydrogens is 290 g/mol. The van der Waals surface area contributed by atoms with Gasteiger partial charge in [-0.2, -0.15) is 0 Å². The molecule has 0 aliphatic carbocycles. The minimum atomic E-state index is -3.47. The molecule has 0 fully saturated rings. The van der Waals surface area contributed by atoms with Crippen molar-refractivity contribution in [3.05, 3.63) is 18.2 Å². The van der Waals surface area contributed by atoms with Crippen LogP contribution < -0.4 is 11.1 Å². The summed E-state index contributed by atoms with van der Waals surface area (Å²) in [6.45, 7) is 7.10. The van der Waals surface area contributed by atoms with Crippen LogP contribution in [-0.4, -0.2) is 45.6 Å². The normalized spacial score (nSPS) is 12.7. The number of hydrogen-bond donors (Lipinski definition) is 2. The van der Waals surface area contributed by atoms with Gasteiger partial charge >= 0.3 is 0 Å². The molecule has 21 heavy (non-hydrogen) atoms. The molecule has 0 atom stereocenters. The first-order chi connectivity index (χ1) is 9.60.